The zero-order chi connectivity index (χ0) is 10.1. The topological polar surface area (TPSA) is 0 Å². The fourth-order valence-electron chi connectivity index (χ4n) is 0.951. The van der Waals surface area contributed by atoms with E-state index in [4.69, 9.17) is 0 Å². The summed E-state index contributed by atoms with van der Waals surface area (Å²) in [6, 6.07) is 0. The molecule has 0 heterocycles. The molecule has 0 heteroatoms. The van der Waals surface area contributed by atoms with Crippen LogP contribution in [0.15, 0.2) is 47.6 Å². The molecule has 0 nitrogen and oxygen atoms in total. The molecule has 0 aromatic carbocycles. The van der Waals surface area contributed by atoms with Crippen LogP contribution in [0.4, 0.5) is 0 Å². The Balaban J connectivity index is 4.29. The van der Waals surface area contributed by atoms with Gasteiger partial charge in [0, 0.05) is 0 Å². The quantitative estimate of drug-likeness (QED) is 0.443. The minimum atomic E-state index is 1.27. The molecule has 0 aromatic rings. The smallest absolute Gasteiger partial charge is 0.0398 e. The highest BCUT2D eigenvalue weighted by molar-refractivity contribution is 5.30. The average molecular weight is 175 g/mol. The minimum absolute atomic E-state index is 1.27. The lowest BCUT2D eigenvalue weighted by molar-refractivity contribution is 1.42. The Morgan fingerprint density at radius 2 is 1.85 bits per heavy atom. The summed E-state index contributed by atoms with van der Waals surface area (Å²) in [4.78, 5) is 0. The molecular formula is C13H19-. The van der Waals surface area contributed by atoms with Gasteiger partial charge in [0.05, 0.1) is 0 Å². The third kappa shape index (κ3) is 7.20. The molecule has 0 radical (unpaired) electrons. The lowest BCUT2D eigenvalue weighted by atomic mass is 10.1. The van der Waals surface area contributed by atoms with Crippen molar-refractivity contribution in [1.29, 1.82) is 0 Å². The van der Waals surface area contributed by atoms with Crippen LogP contribution in [0.3, 0.4) is 0 Å². The van der Waals surface area contributed by atoms with Gasteiger partial charge in [0.25, 0.3) is 0 Å². The molecule has 0 rings (SSSR count). The van der Waals surface area contributed by atoms with Crippen molar-refractivity contribution in [1.82, 2.24) is 0 Å². The van der Waals surface area contributed by atoms with Crippen LogP contribution in [-0.2, 0) is 0 Å². The summed E-state index contributed by atoms with van der Waals surface area (Å²) >= 11 is 0. The molecule has 0 unspecified atom stereocenters. The highest BCUT2D eigenvalue weighted by atomic mass is 13.9. The van der Waals surface area contributed by atoms with Crippen LogP contribution in [0.5, 0.6) is 0 Å². The van der Waals surface area contributed by atoms with E-state index in [1.165, 1.54) is 11.1 Å². The number of hydrogen-bond acceptors (Lipinski definition) is 0. The third-order valence-corrected chi connectivity index (χ3v) is 1.56. The van der Waals surface area contributed by atoms with Gasteiger partial charge in [0.15, 0.2) is 0 Å². The standard InChI is InChI=1S/C13H19/c1-5-7-9-12(3)11-13(4)10-8-6-2/h5-11H,1-4H3/q-1/b7-5-,10-8?,12-9+,13-11?. The zero-order valence-electron chi connectivity index (χ0n) is 9.04. The van der Waals surface area contributed by atoms with Crippen molar-refractivity contribution in [2.75, 3.05) is 0 Å². The molecule has 0 aliphatic carbocycles. The van der Waals surface area contributed by atoms with E-state index in [1.54, 1.807) is 0 Å². The van der Waals surface area contributed by atoms with Crippen LogP contribution in [0.2, 0.25) is 0 Å². The molecule has 0 fully saturated rings. The number of rotatable bonds is 4. The molecular weight excluding hydrogens is 156 g/mol. The summed E-state index contributed by atoms with van der Waals surface area (Å²) in [5, 5.41) is 0. The average Bonchev–Trinajstić information content (AvgIpc) is 2.11. The van der Waals surface area contributed by atoms with Gasteiger partial charge in [-0.3, -0.25) is 0 Å². The highest BCUT2D eigenvalue weighted by Gasteiger charge is 1.78. The molecule has 72 valence electrons. The van der Waals surface area contributed by atoms with E-state index in [9.17, 15) is 0 Å². The normalized spacial score (nSPS) is 14.5. The molecule has 0 bridgehead atoms. The van der Waals surface area contributed by atoms with Crippen molar-refractivity contribution in [3.8, 4) is 0 Å². The van der Waals surface area contributed by atoms with Crippen LogP contribution < -0.4 is 0 Å². The van der Waals surface area contributed by atoms with E-state index >= 15 is 0 Å². The van der Waals surface area contributed by atoms with Gasteiger partial charge in [0.1, 0.15) is 0 Å². The molecule has 13 heavy (non-hydrogen) atoms. The second-order valence-electron chi connectivity index (χ2n) is 3.02. The fraction of sp³-hybridized carbons (Fsp3) is 0.308. The Morgan fingerprint density at radius 1 is 1.15 bits per heavy atom. The van der Waals surface area contributed by atoms with Gasteiger partial charge >= 0.3 is 0 Å². The van der Waals surface area contributed by atoms with Gasteiger partial charge in [-0.2, -0.15) is 0 Å². The third-order valence-electron chi connectivity index (χ3n) is 1.56. The molecule has 0 saturated heterocycles. The second-order valence-corrected chi connectivity index (χ2v) is 3.02. The summed E-state index contributed by atoms with van der Waals surface area (Å²) in [7, 11) is 0. The van der Waals surface area contributed by atoms with Crippen LogP contribution in [-0.4, -0.2) is 0 Å². The fourth-order valence-corrected chi connectivity index (χ4v) is 0.951. The molecule has 0 atom stereocenters. The van der Waals surface area contributed by atoms with Crippen molar-refractivity contribution in [2.24, 2.45) is 0 Å². The maximum Gasteiger partial charge on any atom is -0.0398 e. The largest absolute Gasteiger partial charge is 0.233 e. The predicted molar refractivity (Wildman–Crippen MR) is 61.4 cm³/mol. The van der Waals surface area contributed by atoms with E-state index in [0.717, 1.165) is 0 Å². The van der Waals surface area contributed by atoms with Gasteiger partial charge < -0.3 is 0 Å². The Bertz CT molecular complexity index is 237. The first-order valence-corrected chi connectivity index (χ1v) is 4.64. The van der Waals surface area contributed by atoms with Gasteiger partial charge in [-0.05, 0) is 13.8 Å². The Kier molecular flexibility index (Phi) is 6.80. The van der Waals surface area contributed by atoms with Gasteiger partial charge in [0.2, 0.25) is 0 Å². The van der Waals surface area contributed by atoms with E-state index < -0.39 is 0 Å². The highest BCUT2D eigenvalue weighted by Crippen LogP contribution is 2.03. The first kappa shape index (κ1) is 11.8. The number of hydrogen-bond donors (Lipinski definition) is 0. The van der Waals surface area contributed by atoms with Crippen molar-refractivity contribution >= 4 is 0 Å². The van der Waals surface area contributed by atoms with Gasteiger partial charge in [-0.1, -0.05) is 36.8 Å². The monoisotopic (exact) mass is 175 g/mol. The molecule has 0 amide bonds. The van der Waals surface area contributed by atoms with Crippen LogP contribution in [0.1, 0.15) is 27.7 Å². The van der Waals surface area contributed by atoms with E-state index in [1.807, 2.05) is 26.3 Å². The summed E-state index contributed by atoms with van der Waals surface area (Å²) in [6.07, 6.45) is 14.5. The molecule has 0 N–H and O–H groups in total. The van der Waals surface area contributed by atoms with Gasteiger partial charge in [-0.25, -0.2) is 18.6 Å². The molecule has 0 aliphatic heterocycles. The summed E-state index contributed by atoms with van der Waals surface area (Å²) in [5.74, 6) is 0. The van der Waals surface area contributed by atoms with E-state index in [0.29, 0.717) is 0 Å². The van der Waals surface area contributed by atoms with Gasteiger partial charge in [-0.15, -0.1) is 12.5 Å². The Hall–Kier alpha value is -1.17. The van der Waals surface area contributed by atoms with Crippen molar-refractivity contribution in [2.45, 2.75) is 27.7 Å². The number of allylic oxidation sites excluding steroid dienone is 8. The molecule has 0 aliphatic rings. The maximum atomic E-state index is 2.17. The first-order chi connectivity index (χ1) is 6.20. The summed E-state index contributed by atoms with van der Waals surface area (Å²) in [5.41, 5.74) is 2.55. The van der Waals surface area contributed by atoms with Crippen molar-refractivity contribution < 1.29 is 0 Å². The minimum Gasteiger partial charge on any atom is -0.233 e. The van der Waals surface area contributed by atoms with E-state index in [-0.39, 0.29) is 0 Å². The Labute approximate surface area is 82.4 Å². The summed E-state index contributed by atoms with van der Waals surface area (Å²) < 4.78 is 0. The lowest BCUT2D eigenvalue weighted by Gasteiger charge is -1.98. The molecule has 0 saturated carbocycles. The Morgan fingerprint density at radius 3 is 2.38 bits per heavy atom. The summed E-state index contributed by atoms with van der Waals surface area (Å²) in [6.45, 7) is 8.25. The van der Waals surface area contributed by atoms with E-state index in [2.05, 4.69) is 44.2 Å². The van der Waals surface area contributed by atoms with Crippen molar-refractivity contribution in [3.63, 3.8) is 0 Å². The van der Waals surface area contributed by atoms with Crippen molar-refractivity contribution in [3.05, 3.63) is 54.0 Å². The van der Waals surface area contributed by atoms with Crippen LogP contribution in [0.25, 0.3) is 0 Å². The first-order valence-electron chi connectivity index (χ1n) is 4.64. The molecule has 0 spiro atoms. The maximum absolute atomic E-state index is 2.17. The predicted octanol–water partition coefficient (Wildman–Crippen LogP) is 4.24. The second kappa shape index (κ2) is 7.48. The van der Waals surface area contributed by atoms with Crippen LogP contribution in [0, 0.1) is 6.42 Å². The lowest BCUT2D eigenvalue weighted by Crippen LogP contribution is -1.72. The molecule has 0 aromatic heterocycles. The SMILES string of the molecule is C/C=C\C=C(/C)C=C(C)C=C[CH-]C. The zero-order valence-corrected chi connectivity index (χ0v) is 9.04. The van der Waals surface area contributed by atoms with Crippen LogP contribution >= 0.6 is 0 Å².